The van der Waals surface area contributed by atoms with Crippen LogP contribution in [0.5, 0.6) is 0 Å². The van der Waals surface area contributed by atoms with Crippen molar-refractivity contribution in [3.05, 3.63) is 51.8 Å². The van der Waals surface area contributed by atoms with Crippen molar-refractivity contribution in [3.8, 4) is 11.4 Å². The molecule has 0 aliphatic heterocycles. The molecule has 25 heavy (non-hydrogen) atoms. The van der Waals surface area contributed by atoms with Crippen LogP contribution in [0.2, 0.25) is 0 Å². The van der Waals surface area contributed by atoms with E-state index in [1.54, 1.807) is 13.8 Å². The lowest BCUT2D eigenvalue weighted by molar-refractivity contribution is -0.384. The van der Waals surface area contributed by atoms with E-state index in [1.165, 1.54) is 30.5 Å². The summed E-state index contributed by atoms with van der Waals surface area (Å²) in [5, 5.41) is 10.7. The molecule has 0 N–H and O–H groups in total. The minimum Gasteiger partial charge on any atom is -0.462 e. The van der Waals surface area contributed by atoms with Gasteiger partial charge in [0.1, 0.15) is 5.56 Å². The third-order valence-electron chi connectivity index (χ3n) is 3.09. The lowest BCUT2D eigenvalue weighted by atomic mass is 10.1. The summed E-state index contributed by atoms with van der Waals surface area (Å²) in [7, 11) is 0. The molecule has 9 nitrogen and oxygen atoms in total. The molecule has 0 radical (unpaired) electrons. The van der Waals surface area contributed by atoms with Crippen molar-refractivity contribution < 1.29 is 24.0 Å². The molecule has 1 aromatic heterocycles. The van der Waals surface area contributed by atoms with E-state index < -0.39 is 16.9 Å². The van der Waals surface area contributed by atoms with Gasteiger partial charge in [0.2, 0.25) is 0 Å². The molecule has 2 aromatic rings. The molecular weight excluding hydrogens is 330 g/mol. The van der Waals surface area contributed by atoms with E-state index >= 15 is 0 Å². The van der Waals surface area contributed by atoms with Crippen LogP contribution in [-0.2, 0) is 9.47 Å². The van der Waals surface area contributed by atoms with Gasteiger partial charge < -0.3 is 9.47 Å². The molecule has 0 atom stereocenters. The standard InChI is InChI=1S/C16H15N3O6/c1-3-24-15(20)12-9-17-14(18-13(12)16(21)25-4-2)10-5-7-11(8-6-10)19(22)23/h5-9H,3-4H2,1-2H3. The summed E-state index contributed by atoms with van der Waals surface area (Å²) in [5.41, 5.74) is 0.0404. The first kappa shape index (κ1) is 18.0. The predicted octanol–water partition coefficient (Wildman–Crippen LogP) is 2.41. The number of non-ortho nitro benzene ring substituents is 1. The van der Waals surface area contributed by atoms with Crippen LogP contribution in [0.15, 0.2) is 30.5 Å². The number of ether oxygens (including phenoxy) is 2. The van der Waals surface area contributed by atoms with Crippen molar-refractivity contribution in [2.24, 2.45) is 0 Å². The molecule has 0 amide bonds. The maximum Gasteiger partial charge on any atom is 0.357 e. The maximum atomic E-state index is 12.1. The van der Waals surface area contributed by atoms with Crippen LogP contribution in [0.4, 0.5) is 5.69 Å². The van der Waals surface area contributed by atoms with Crippen LogP contribution >= 0.6 is 0 Å². The Morgan fingerprint density at radius 3 is 2.24 bits per heavy atom. The Balaban J connectivity index is 2.46. The van der Waals surface area contributed by atoms with E-state index in [9.17, 15) is 19.7 Å². The molecule has 0 spiro atoms. The lowest BCUT2D eigenvalue weighted by Crippen LogP contribution is -2.17. The quantitative estimate of drug-likeness (QED) is 0.444. The largest absolute Gasteiger partial charge is 0.462 e. The first-order chi connectivity index (χ1) is 12.0. The van der Waals surface area contributed by atoms with Crippen LogP contribution in [-0.4, -0.2) is 40.0 Å². The van der Waals surface area contributed by atoms with Crippen molar-refractivity contribution >= 4 is 17.6 Å². The summed E-state index contributed by atoms with van der Waals surface area (Å²) in [4.78, 5) is 42.3. The highest BCUT2D eigenvalue weighted by Gasteiger charge is 2.23. The molecule has 130 valence electrons. The molecule has 2 rings (SSSR count). The number of esters is 2. The number of hydrogen-bond donors (Lipinski definition) is 0. The van der Waals surface area contributed by atoms with Gasteiger partial charge in [-0.2, -0.15) is 0 Å². The average molecular weight is 345 g/mol. The van der Waals surface area contributed by atoms with Gasteiger partial charge in [-0.3, -0.25) is 10.1 Å². The fourth-order valence-corrected chi connectivity index (χ4v) is 1.97. The van der Waals surface area contributed by atoms with Crippen LogP contribution in [0.25, 0.3) is 11.4 Å². The second-order valence-electron chi connectivity index (χ2n) is 4.70. The van der Waals surface area contributed by atoms with Crippen LogP contribution < -0.4 is 0 Å². The number of hydrogen-bond acceptors (Lipinski definition) is 8. The van der Waals surface area contributed by atoms with Crippen LogP contribution in [0.3, 0.4) is 0 Å². The highest BCUT2D eigenvalue weighted by atomic mass is 16.6. The summed E-state index contributed by atoms with van der Waals surface area (Å²) in [6.07, 6.45) is 1.17. The summed E-state index contributed by atoms with van der Waals surface area (Å²) in [6, 6.07) is 5.49. The highest BCUT2D eigenvalue weighted by molar-refractivity contribution is 6.01. The molecule has 0 unspecified atom stereocenters. The Bertz CT molecular complexity index is 804. The van der Waals surface area contributed by atoms with Gasteiger partial charge in [-0.15, -0.1) is 0 Å². The van der Waals surface area contributed by atoms with E-state index in [0.717, 1.165) is 0 Å². The fraction of sp³-hybridized carbons (Fsp3) is 0.250. The van der Waals surface area contributed by atoms with Gasteiger partial charge in [0.25, 0.3) is 5.69 Å². The number of aromatic nitrogens is 2. The second kappa shape index (κ2) is 7.95. The molecule has 9 heteroatoms. The monoisotopic (exact) mass is 345 g/mol. The number of nitrogens with zero attached hydrogens (tertiary/aromatic N) is 3. The molecule has 0 aliphatic rings. The molecular formula is C16H15N3O6. The van der Waals surface area contributed by atoms with Gasteiger partial charge in [0, 0.05) is 23.9 Å². The molecule has 0 saturated heterocycles. The molecule has 0 saturated carbocycles. The molecule has 0 fully saturated rings. The summed E-state index contributed by atoms with van der Waals surface area (Å²) in [5.74, 6) is -1.39. The minimum absolute atomic E-state index is 0.0856. The smallest absolute Gasteiger partial charge is 0.357 e. The van der Waals surface area contributed by atoms with Crippen molar-refractivity contribution in [2.45, 2.75) is 13.8 Å². The van der Waals surface area contributed by atoms with E-state index in [4.69, 9.17) is 9.47 Å². The summed E-state index contributed by atoms with van der Waals surface area (Å²) >= 11 is 0. The van der Waals surface area contributed by atoms with Gasteiger partial charge in [0.05, 0.1) is 18.1 Å². The van der Waals surface area contributed by atoms with Crippen molar-refractivity contribution in [1.82, 2.24) is 9.97 Å². The Morgan fingerprint density at radius 2 is 1.68 bits per heavy atom. The zero-order valence-corrected chi connectivity index (χ0v) is 13.6. The van der Waals surface area contributed by atoms with Gasteiger partial charge in [-0.05, 0) is 26.0 Å². The van der Waals surface area contributed by atoms with E-state index in [0.29, 0.717) is 5.56 Å². The second-order valence-corrected chi connectivity index (χ2v) is 4.70. The van der Waals surface area contributed by atoms with Crippen LogP contribution in [0.1, 0.15) is 34.7 Å². The van der Waals surface area contributed by atoms with Gasteiger partial charge in [-0.25, -0.2) is 19.6 Å². The topological polar surface area (TPSA) is 122 Å². The number of rotatable bonds is 6. The number of carbonyl (C=O) groups is 2. The van der Waals surface area contributed by atoms with Crippen molar-refractivity contribution in [1.29, 1.82) is 0 Å². The number of carbonyl (C=O) groups excluding carboxylic acids is 2. The fourth-order valence-electron chi connectivity index (χ4n) is 1.97. The number of nitro groups is 1. The third-order valence-corrected chi connectivity index (χ3v) is 3.09. The van der Waals surface area contributed by atoms with Gasteiger partial charge >= 0.3 is 11.9 Å². The Hall–Kier alpha value is -3.36. The maximum absolute atomic E-state index is 12.1. The summed E-state index contributed by atoms with van der Waals surface area (Å²) in [6.45, 7) is 3.50. The predicted molar refractivity (Wildman–Crippen MR) is 86.0 cm³/mol. The zero-order valence-electron chi connectivity index (χ0n) is 13.6. The van der Waals surface area contributed by atoms with E-state index in [1.807, 2.05) is 0 Å². The van der Waals surface area contributed by atoms with E-state index in [2.05, 4.69) is 9.97 Å². The van der Waals surface area contributed by atoms with E-state index in [-0.39, 0.29) is 36.0 Å². The first-order valence-corrected chi connectivity index (χ1v) is 7.44. The first-order valence-electron chi connectivity index (χ1n) is 7.44. The lowest BCUT2D eigenvalue weighted by Gasteiger charge is -2.09. The average Bonchev–Trinajstić information content (AvgIpc) is 2.61. The van der Waals surface area contributed by atoms with Crippen molar-refractivity contribution in [2.75, 3.05) is 13.2 Å². The SMILES string of the molecule is CCOC(=O)c1cnc(-c2ccc([N+](=O)[O-])cc2)nc1C(=O)OCC. The third kappa shape index (κ3) is 4.14. The Morgan fingerprint density at radius 1 is 1.08 bits per heavy atom. The number of nitro benzene ring substituents is 1. The number of benzene rings is 1. The highest BCUT2D eigenvalue weighted by Crippen LogP contribution is 2.21. The van der Waals surface area contributed by atoms with Crippen LogP contribution in [0, 0.1) is 10.1 Å². The molecule has 0 aliphatic carbocycles. The van der Waals surface area contributed by atoms with Gasteiger partial charge in [0.15, 0.2) is 11.5 Å². The molecule has 0 bridgehead atoms. The van der Waals surface area contributed by atoms with Gasteiger partial charge in [-0.1, -0.05) is 0 Å². The molecule has 1 heterocycles. The Labute approximate surface area is 142 Å². The summed E-state index contributed by atoms with van der Waals surface area (Å²) < 4.78 is 9.79. The molecule has 1 aromatic carbocycles. The Kier molecular flexibility index (Phi) is 5.72. The van der Waals surface area contributed by atoms with Crippen molar-refractivity contribution in [3.63, 3.8) is 0 Å². The zero-order chi connectivity index (χ0) is 18.4. The minimum atomic E-state index is -0.781. The normalized spacial score (nSPS) is 10.2.